The first-order chi connectivity index (χ1) is 8.20. The van der Waals surface area contributed by atoms with Crippen molar-refractivity contribution in [1.29, 1.82) is 0 Å². The summed E-state index contributed by atoms with van der Waals surface area (Å²) in [7, 11) is -2.16. The fourth-order valence-electron chi connectivity index (χ4n) is 0.934. The second-order valence-corrected chi connectivity index (χ2v) is 4.25. The molecule has 0 aromatic rings. The first kappa shape index (κ1) is 16.4. The highest BCUT2D eigenvalue weighted by atomic mass is 31.1. The van der Waals surface area contributed by atoms with Crippen LogP contribution in [0.3, 0.4) is 0 Å². The van der Waals surface area contributed by atoms with E-state index in [9.17, 15) is 9.36 Å². The fourth-order valence-corrected chi connectivity index (χ4v) is 1.51. The molecule has 1 atom stereocenters. The Morgan fingerprint density at radius 3 is 2.53 bits per heavy atom. The lowest BCUT2D eigenvalue weighted by Crippen LogP contribution is -2.08. The van der Waals surface area contributed by atoms with Gasteiger partial charge in [-0.15, -0.1) is 9.05 Å². The topological polar surface area (TPSA) is 82.1 Å². The molecule has 0 saturated heterocycles. The number of aliphatic hydroxyl groups excluding tert-OH is 1. The number of aliphatic hydroxyl groups is 1. The van der Waals surface area contributed by atoms with Crippen LogP contribution in [-0.4, -0.2) is 37.5 Å². The van der Waals surface area contributed by atoms with Crippen LogP contribution in [0.25, 0.3) is 0 Å². The molecule has 0 aliphatic rings. The van der Waals surface area contributed by atoms with E-state index >= 15 is 0 Å². The van der Waals surface area contributed by atoms with E-state index in [1.165, 1.54) is 0 Å². The molecule has 0 heterocycles. The van der Waals surface area contributed by atoms with Crippen LogP contribution in [0.2, 0.25) is 0 Å². The second-order valence-electron chi connectivity index (χ2n) is 3.29. The Hall–Kier alpha value is -0.550. The van der Waals surface area contributed by atoms with Crippen LogP contribution in [0, 0.1) is 0 Å². The average molecular weight is 267 g/mol. The van der Waals surface area contributed by atoms with E-state index < -0.39 is 8.25 Å². The molecule has 0 spiro atoms. The number of hydrogen-bond donors (Lipinski definition) is 1. The number of rotatable bonds is 11. The molecule has 0 radical (unpaired) electrons. The summed E-state index contributed by atoms with van der Waals surface area (Å²) in [5.41, 5.74) is 0. The molecule has 0 fully saturated rings. The van der Waals surface area contributed by atoms with Gasteiger partial charge in [0, 0.05) is 17.6 Å². The van der Waals surface area contributed by atoms with Gasteiger partial charge in [-0.25, -0.2) is 0 Å². The number of hydrogen-bond acceptors (Lipinski definition) is 6. The Bertz CT molecular complexity index is 221. The normalized spacial score (nSPS) is 11.3. The van der Waals surface area contributed by atoms with Crippen molar-refractivity contribution in [2.75, 3.05) is 26.4 Å². The second kappa shape index (κ2) is 11.9. The molecule has 0 aromatic carbocycles. The van der Waals surface area contributed by atoms with Gasteiger partial charge < -0.3 is 9.84 Å². The standard InChI is InChI=1S/C10H20O6P/c1-2-5-10(12)14-8-9-16-17(13)15-7-4-3-6-11/h11H,2-9H2,1H3/q+1. The molecule has 1 unspecified atom stereocenters. The summed E-state index contributed by atoms with van der Waals surface area (Å²) in [6, 6.07) is 0. The number of carbonyl (C=O) groups excluding carboxylic acids is 1. The van der Waals surface area contributed by atoms with Gasteiger partial charge in [-0.1, -0.05) is 6.92 Å². The number of ether oxygens (including phenoxy) is 1. The van der Waals surface area contributed by atoms with Crippen molar-refractivity contribution in [3.8, 4) is 0 Å². The number of esters is 1. The van der Waals surface area contributed by atoms with Crippen molar-refractivity contribution in [1.82, 2.24) is 0 Å². The van der Waals surface area contributed by atoms with Crippen LogP contribution in [-0.2, 0) is 23.1 Å². The van der Waals surface area contributed by atoms with Gasteiger partial charge in [0.1, 0.15) is 19.8 Å². The van der Waals surface area contributed by atoms with Crippen molar-refractivity contribution in [3.05, 3.63) is 0 Å². The van der Waals surface area contributed by atoms with E-state index in [0.29, 0.717) is 19.3 Å². The maximum absolute atomic E-state index is 11.1. The smallest absolute Gasteiger partial charge is 0.463 e. The molecular weight excluding hydrogens is 247 g/mol. The Kier molecular flexibility index (Phi) is 11.5. The molecule has 0 aliphatic heterocycles. The van der Waals surface area contributed by atoms with Crippen LogP contribution < -0.4 is 0 Å². The monoisotopic (exact) mass is 267 g/mol. The third kappa shape index (κ3) is 11.7. The Morgan fingerprint density at radius 1 is 1.18 bits per heavy atom. The molecule has 0 saturated carbocycles. The maximum atomic E-state index is 11.1. The van der Waals surface area contributed by atoms with Gasteiger partial charge in [0.15, 0.2) is 0 Å². The van der Waals surface area contributed by atoms with Gasteiger partial charge in [-0.05, 0) is 19.3 Å². The van der Waals surface area contributed by atoms with Crippen LogP contribution in [0.4, 0.5) is 0 Å². The molecule has 7 heteroatoms. The molecule has 100 valence electrons. The quantitative estimate of drug-likeness (QED) is 0.349. The lowest BCUT2D eigenvalue weighted by Gasteiger charge is -1.99. The molecule has 0 rings (SSSR count). The zero-order valence-corrected chi connectivity index (χ0v) is 11.0. The molecule has 0 aliphatic carbocycles. The predicted molar refractivity (Wildman–Crippen MR) is 61.7 cm³/mol. The van der Waals surface area contributed by atoms with E-state index in [4.69, 9.17) is 18.9 Å². The minimum absolute atomic E-state index is 0.0602. The van der Waals surface area contributed by atoms with Gasteiger partial charge in [-0.2, -0.15) is 0 Å². The van der Waals surface area contributed by atoms with Crippen LogP contribution in [0.15, 0.2) is 0 Å². The van der Waals surface area contributed by atoms with Crippen molar-refractivity contribution in [2.45, 2.75) is 32.6 Å². The SMILES string of the molecule is CCCC(=O)OCCO[P+](=O)OCCCCO. The summed E-state index contributed by atoms with van der Waals surface area (Å²) in [6.07, 6.45) is 2.36. The highest BCUT2D eigenvalue weighted by Crippen LogP contribution is 2.23. The van der Waals surface area contributed by atoms with E-state index in [-0.39, 0.29) is 32.4 Å². The average Bonchev–Trinajstić information content (AvgIpc) is 2.31. The van der Waals surface area contributed by atoms with E-state index in [2.05, 4.69) is 0 Å². The minimum atomic E-state index is -2.16. The minimum Gasteiger partial charge on any atom is -0.463 e. The molecule has 6 nitrogen and oxygen atoms in total. The van der Waals surface area contributed by atoms with Gasteiger partial charge in [0.25, 0.3) is 0 Å². The Labute approximate surface area is 102 Å². The van der Waals surface area contributed by atoms with E-state index in [0.717, 1.165) is 6.42 Å². The summed E-state index contributed by atoms with van der Waals surface area (Å²) in [6.45, 7) is 2.40. The Morgan fingerprint density at radius 2 is 1.88 bits per heavy atom. The zero-order valence-electron chi connectivity index (χ0n) is 10.1. The van der Waals surface area contributed by atoms with Crippen LogP contribution in [0.5, 0.6) is 0 Å². The Balaban J connectivity index is 3.30. The lowest BCUT2D eigenvalue weighted by atomic mass is 10.3. The van der Waals surface area contributed by atoms with Gasteiger partial charge in [-0.3, -0.25) is 4.79 Å². The van der Waals surface area contributed by atoms with Crippen molar-refractivity contribution in [3.63, 3.8) is 0 Å². The predicted octanol–water partition coefficient (Wildman–Crippen LogP) is 1.79. The summed E-state index contributed by atoms with van der Waals surface area (Å²) < 4.78 is 25.5. The van der Waals surface area contributed by atoms with Crippen molar-refractivity contribution in [2.24, 2.45) is 0 Å². The molecule has 0 bridgehead atoms. The summed E-state index contributed by atoms with van der Waals surface area (Å²) in [4.78, 5) is 10.9. The first-order valence-electron chi connectivity index (χ1n) is 5.70. The summed E-state index contributed by atoms with van der Waals surface area (Å²) in [5, 5.41) is 8.49. The largest absolute Gasteiger partial charge is 0.697 e. The third-order valence-electron chi connectivity index (χ3n) is 1.75. The zero-order chi connectivity index (χ0) is 12.9. The molecule has 0 amide bonds. The molecular formula is C10H20O6P+. The van der Waals surface area contributed by atoms with Crippen LogP contribution >= 0.6 is 8.25 Å². The fraction of sp³-hybridized carbons (Fsp3) is 0.900. The van der Waals surface area contributed by atoms with E-state index in [1.807, 2.05) is 6.92 Å². The molecule has 17 heavy (non-hydrogen) atoms. The summed E-state index contributed by atoms with van der Waals surface area (Å²) >= 11 is 0. The lowest BCUT2D eigenvalue weighted by molar-refractivity contribution is -0.144. The number of unbranched alkanes of at least 4 members (excludes halogenated alkanes) is 1. The highest BCUT2D eigenvalue weighted by molar-refractivity contribution is 7.33. The van der Waals surface area contributed by atoms with Gasteiger partial charge in [0.2, 0.25) is 0 Å². The van der Waals surface area contributed by atoms with Gasteiger partial charge >= 0.3 is 14.2 Å². The first-order valence-corrected chi connectivity index (χ1v) is 6.79. The highest BCUT2D eigenvalue weighted by Gasteiger charge is 2.19. The molecule has 0 aromatic heterocycles. The summed E-state index contributed by atoms with van der Waals surface area (Å²) in [5.74, 6) is -0.282. The van der Waals surface area contributed by atoms with E-state index in [1.54, 1.807) is 0 Å². The van der Waals surface area contributed by atoms with Crippen molar-refractivity contribution >= 4 is 14.2 Å². The molecule has 1 N–H and O–H groups in total. The maximum Gasteiger partial charge on any atom is 0.697 e. The van der Waals surface area contributed by atoms with Crippen LogP contribution in [0.1, 0.15) is 32.6 Å². The van der Waals surface area contributed by atoms with Gasteiger partial charge in [0.05, 0.1) is 0 Å². The van der Waals surface area contributed by atoms with Crippen molar-refractivity contribution < 1.29 is 28.3 Å². The number of carbonyl (C=O) groups is 1. The third-order valence-corrected chi connectivity index (χ3v) is 2.53.